The van der Waals surface area contributed by atoms with Gasteiger partial charge < -0.3 is 9.53 Å². The number of carbonyl (C=O) groups excluding carboxylic acids is 1. The highest BCUT2D eigenvalue weighted by molar-refractivity contribution is 5.58. The fourth-order valence-corrected chi connectivity index (χ4v) is 1.68. The summed E-state index contributed by atoms with van der Waals surface area (Å²) in [5, 5.41) is 0. The summed E-state index contributed by atoms with van der Waals surface area (Å²) in [6.45, 7) is 5.84. The van der Waals surface area contributed by atoms with Gasteiger partial charge in [-0.05, 0) is 25.2 Å². The molecule has 0 aromatic heterocycles. The van der Waals surface area contributed by atoms with Crippen molar-refractivity contribution >= 4 is 6.29 Å². The first-order chi connectivity index (χ1) is 5.70. The van der Waals surface area contributed by atoms with E-state index in [0.717, 1.165) is 38.8 Å². The molecule has 0 saturated carbocycles. The van der Waals surface area contributed by atoms with E-state index >= 15 is 0 Å². The van der Waals surface area contributed by atoms with E-state index in [-0.39, 0.29) is 5.41 Å². The second-order valence-corrected chi connectivity index (χ2v) is 4.06. The van der Waals surface area contributed by atoms with Crippen LogP contribution in [0.4, 0.5) is 0 Å². The maximum atomic E-state index is 10.8. The minimum Gasteiger partial charge on any atom is -0.381 e. The Hall–Kier alpha value is -0.370. The predicted octanol–water partition coefficient (Wildman–Crippen LogP) is 2.03. The summed E-state index contributed by atoms with van der Waals surface area (Å²) >= 11 is 0. The van der Waals surface area contributed by atoms with E-state index < -0.39 is 0 Å². The maximum Gasteiger partial charge on any atom is 0.125 e. The Kier molecular flexibility index (Phi) is 3.27. The molecule has 70 valence electrons. The standard InChI is InChI=1S/C10H18O2/c1-3-10(2,8-11)6-9-4-5-12-7-9/h8-9H,3-7H2,1-2H3. The van der Waals surface area contributed by atoms with Crippen molar-refractivity contribution < 1.29 is 9.53 Å². The first-order valence-electron chi connectivity index (χ1n) is 4.74. The van der Waals surface area contributed by atoms with E-state index in [9.17, 15) is 4.79 Å². The third-order valence-electron chi connectivity index (χ3n) is 2.87. The van der Waals surface area contributed by atoms with E-state index in [0.29, 0.717) is 5.92 Å². The zero-order chi connectivity index (χ0) is 9.03. The molecule has 0 aromatic carbocycles. The minimum atomic E-state index is -0.113. The van der Waals surface area contributed by atoms with Crippen LogP contribution in [0.1, 0.15) is 33.1 Å². The van der Waals surface area contributed by atoms with Crippen molar-refractivity contribution in [2.75, 3.05) is 13.2 Å². The van der Waals surface area contributed by atoms with Crippen molar-refractivity contribution in [2.45, 2.75) is 33.1 Å². The lowest BCUT2D eigenvalue weighted by Crippen LogP contribution is -2.21. The molecule has 1 heterocycles. The van der Waals surface area contributed by atoms with Crippen LogP contribution >= 0.6 is 0 Å². The lowest BCUT2D eigenvalue weighted by molar-refractivity contribution is -0.116. The largest absolute Gasteiger partial charge is 0.381 e. The molecule has 0 spiro atoms. The molecule has 2 unspecified atom stereocenters. The van der Waals surface area contributed by atoms with Crippen molar-refractivity contribution in [3.05, 3.63) is 0 Å². The third kappa shape index (κ3) is 2.31. The summed E-state index contributed by atoms with van der Waals surface area (Å²) in [7, 11) is 0. The van der Waals surface area contributed by atoms with Gasteiger partial charge in [-0.3, -0.25) is 0 Å². The molecule has 1 fully saturated rings. The number of aldehydes is 1. The molecule has 1 saturated heterocycles. The van der Waals surface area contributed by atoms with Crippen molar-refractivity contribution in [3.8, 4) is 0 Å². The number of rotatable bonds is 4. The molecule has 0 radical (unpaired) electrons. The van der Waals surface area contributed by atoms with Crippen LogP contribution in [0, 0.1) is 11.3 Å². The molecule has 12 heavy (non-hydrogen) atoms. The van der Waals surface area contributed by atoms with Crippen LogP contribution in [0.25, 0.3) is 0 Å². The SMILES string of the molecule is CCC(C)(C=O)CC1CCOC1. The van der Waals surface area contributed by atoms with Gasteiger partial charge in [-0.25, -0.2) is 0 Å². The van der Waals surface area contributed by atoms with E-state index in [1.165, 1.54) is 0 Å². The van der Waals surface area contributed by atoms with Crippen LogP contribution in [0.15, 0.2) is 0 Å². The van der Waals surface area contributed by atoms with Crippen molar-refractivity contribution in [3.63, 3.8) is 0 Å². The normalized spacial score (nSPS) is 28.3. The Morgan fingerprint density at radius 2 is 2.42 bits per heavy atom. The lowest BCUT2D eigenvalue weighted by atomic mass is 9.80. The van der Waals surface area contributed by atoms with E-state index in [1.54, 1.807) is 0 Å². The van der Waals surface area contributed by atoms with E-state index in [2.05, 4.69) is 6.92 Å². The Morgan fingerprint density at radius 1 is 1.67 bits per heavy atom. The number of ether oxygens (including phenoxy) is 1. The van der Waals surface area contributed by atoms with E-state index in [1.807, 2.05) is 6.92 Å². The minimum absolute atomic E-state index is 0.113. The highest BCUT2D eigenvalue weighted by atomic mass is 16.5. The fourth-order valence-electron chi connectivity index (χ4n) is 1.68. The summed E-state index contributed by atoms with van der Waals surface area (Å²) in [5.74, 6) is 0.611. The van der Waals surface area contributed by atoms with E-state index in [4.69, 9.17) is 4.74 Å². The zero-order valence-electron chi connectivity index (χ0n) is 8.01. The number of hydrogen-bond acceptors (Lipinski definition) is 2. The highest BCUT2D eigenvalue weighted by Crippen LogP contribution is 2.31. The number of carbonyl (C=O) groups is 1. The summed E-state index contributed by atoms with van der Waals surface area (Å²) in [5.41, 5.74) is -0.113. The summed E-state index contributed by atoms with van der Waals surface area (Å²) in [4.78, 5) is 10.8. The monoisotopic (exact) mass is 170 g/mol. The highest BCUT2D eigenvalue weighted by Gasteiger charge is 2.27. The lowest BCUT2D eigenvalue weighted by Gasteiger charge is -2.23. The van der Waals surface area contributed by atoms with Crippen molar-refractivity contribution in [2.24, 2.45) is 11.3 Å². The first-order valence-corrected chi connectivity index (χ1v) is 4.74. The summed E-state index contributed by atoms with van der Waals surface area (Å²) < 4.78 is 5.28. The zero-order valence-corrected chi connectivity index (χ0v) is 8.01. The number of hydrogen-bond donors (Lipinski definition) is 0. The topological polar surface area (TPSA) is 26.3 Å². The van der Waals surface area contributed by atoms with Crippen LogP contribution < -0.4 is 0 Å². The fraction of sp³-hybridized carbons (Fsp3) is 0.900. The van der Waals surface area contributed by atoms with Gasteiger partial charge in [0.15, 0.2) is 0 Å². The third-order valence-corrected chi connectivity index (χ3v) is 2.87. The Balaban J connectivity index is 2.40. The molecular weight excluding hydrogens is 152 g/mol. The van der Waals surface area contributed by atoms with Crippen LogP contribution in [0.3, 0.4) is 0 Å². The Labute approximate surface area is 74.3 Å². The molecular formula is C10H18O2. The molecule has 2 heteroatoms. The molecule has 2 atom stereocenters. The molecule has 0 N–H and O–H groups in total. The molecule has 0 bridgehead atoms. The molecule has 0 aliphatic carbocycles. The second kappa shape index (κ2) is 4.04. The Morgan fingerprint density at radius 3 is 2.83 bits per heavy atom. The van der Waals surface area contributed by atoms with Crippen LogP contribution in [0.2, 0.25) is 0 Å². The van der Waals surface area contributed by atoms with Gasteiger partial charge in [0.25, 0.3) is 0 Å². The van der Waals surface area contributed by atoms with Gasteiger partial charge >= 0.3 is 0 Å². The van der Waals surface area contributed by atoms with Gasteiger partial charge in [-0.1, -0.05) is 13.8 Å². The molecule has 0 amide bonds. The molecule has 1 aliphatic heterocycles. The predicted molar refractivity (Wildman–Crippen MR) is 48.0 cm³/mol. The van der Waals surface area contributed by atoms with Gasteiger partial charge in [0.1, 0.15) is 6.29 Å². The van der Waals surface area contributed by atoms with Gasteiger partial charge in [-0.2, -0.15) is 0 Å². The summed E-state index contributed by atoms with van der Waals surface area (Å²) in [6.07, 6.45) is 4.16. The summed E-state index contributed by atoms with van der Waals surface area (Å²) in [6, 6.07) is 0. The van der Waals surface area contributed by atoms with Gasteiger partial charge in [0.2, 0.25) is 0 Å². The molecule has 1 rings (SSSR count). The van der Waals surface area contributed by atoms with Crippen LogP contribution in [-0.4, -0.2) is 19.5 Å². The average molecular weight is 170 g/mol. The van der Waals surface area contributed by atoms with Gasteiger partial charge in [0.05, 0.1) is 0 Å². The van der Waals surface area contributed by atoms with Crippen LogP contribution in [-0.2, 0) is 9.53 Å². The molecule has 1 aliphatic rings. The molecule has 2 nitrogen and oxygen atoms in total. The molecule has 0 aromatic rings. The first kappa shape index (κ1) is 9.72. The van der Waals surface area contributed by atoms with Crippen molar-refractivity contribution in [1.82, 2.24) is 0 Å². The Bertz CT molecular complexity index is 150. The quantitative estimate of drug-likeness (QED) is 0.603. The van der Waals surface area contributed by atoms with Gasteiger partial charge in [0, 0.05) is 18.6 Å². The van der Waals surface area contributed by atoms with Gasteiger partial charge in [-0.15, -0.1) is 0 Å². The average Bonchev–Trinajstić information content (AvgIpc) is 2.57. The second-order valence-electron chi connectivity index (χ2n) is 4.06. The smallest absolute Gasteiger partial charge is 0.125 e. The van der Waals surface area contributed by atoms with Crippen LogP contribution in [0.5, 0.6) is 0 Å². The van der Waals surface area contributed by atoms with Crippen molar-refractivity contribution in [1.29, 1.82) is 0 Å². The maximum absolute atomic E-state index is 10.8.